The molecule has 176 valence electrons. The van der Waals surface area contributed by atoms with Crippen LogP contribution in [0.4, 0.5) is 0 Å². The first kappa shape index (κ1) is 23.7. The SMILES string of the molecule is COc1ccc(CC2(c3cc4c(cc3C)C(C)(C)CCC4(C)C)NC(=O)C(=O)S2)c(OC)c1. The molecule has 1 atom stereocenters. The van der Waals surface area contributed by atoms with Crippen LogP contribution >= 0.6 is 11.8 Å². The molecular weight excluding hydrogens is 434 g/mol. The van der Waals surface area contributed by atoms with Crippen LogP contribution in [0.5, 0.6) is 11.5 Å². The fourth-order valence-electron chi connectivity index (χ4n) is 5.19. The maximum atomic E-state index is 12.5. The Morgan fingerprint density at radius 1 is 0.909 bits per heavy atom. The first-order chi connectivity index (χ1) is 15.4. The third-order valence-electron chi connectivity index (χ3n) is 7.33. The van der Waals surface area contributed by atoms with Gasteiger partial charge >= 0.3 is 0 Å². The standard InChI is InChI=1S/C27H33NO4S/c1-16-12-20-21(26(4,5)11-10-25(20,2)3)14-19(16)27(28-23(29)24(30)33-27)15-17-8-9-18(31-6)13-22(17)32-7/h8-9,12-14H,10-11,15H2,1-7H3,(H,28,29). The number of aryl methyl sites for hydroxylation is 1. The number of nitrogens with one attached hydrogen (secondary N) is 1. The predicted octanol–water partition coefficient (Wildman–Crippen LogP) is 5.15. The van der Waals surface area contributed by atoms with E-state index < -0.39 is 15.9 Å². The van der Waals surface area contributed by atoms with Crippen molar-refractivity contribution in [1.82, 2.24) is 5.32 Å². The van der Waals surface area contributed by atoms with Crippen molar-refractivity contribution < 1.29 is 19.1 Å². The first-order valence-electron chi connectivity index (χ1n) is 11.3. The number of thioether (sulfide) groups is 1. The molecule has 1 fully saturated rings. The zero-order valence-electron chi connectivity index (χ0n) is 20.5. The van der Waals surface area contributed by atoms with Crippen molar-refractivity contribution in [2.75, 3.05) is 14.2 Å². The smallest absolute Gasteiger partial charge is 0.300 e. The molecule has 0 saturated carbocycles. The van der Waals surface area contributed by atoms with Gasteiger partial charge in [0.2, 0.25) is 0 Å². The van der Waals surface area contributed by atoms with E-state index in [4.69, 9.17) is 9.47 Å². The second kappa shape index (κ2) is 8.08. The summed E-state index contributed by atoms with van der Waals surface area (Å²) in [7, 11) is 3.23. The van der Waals surface area contributed by atoms with Crippen LogP contribution in [0.2, 0.25) is 0 Å². The van der Waals surface area contributed by atoms with Gasteiger partial charge in [0, 0.05) is 12.5 Å². The Morgan fingerprint density at radius 2 is 1.55 bits per heavy atom. The lowest BCUT2D eigenvalue weighted by Gasteiger charge is -2.43. The van der Waals surface area contributed by atoms with E-state index in [2.05, 4.69) is 52.1 Å². The van der Waals surface area contributed by atoms with Crippen LogP contribution in [0, 0.1) is 6.92 Å². The minimum atomic E-state index is -0.896. The van der Waals surface area contributed by atoms with Crippen molar-refractivity contribution in [3.63, 3.8) is 0 Å². The summed E-state index contributed by atoms with van der Waals surface area (Å²) >= 11 is 1.08. The van der Waals surface area contributed by atoms with Gasteiger partial charge in [-0.3, -0.25) is 9.59 Å². The second-order valence-electron chi connectivity index (χ2n) is 10.5. The normalized spacial score (nSPS) is 23.1. The number of hydrogen-bond acceptors (Lipinski definition) is 5. The summed E-state index contributed by atoms with van der Waals surface area (Å²) in [4.78, 5) is 24.1. The summed E-state index contributed by atoms with van der Waals surface area (Å²) < 4.78 is 11.0. The van der Waals surface area contributed by atoms with Crippen LogP contribution in [-0.4, -0.2) is 25.2 Å². The molecule has 1 N–H and O–H groups in total. The minimum absolute atomic E-state index is 0.0174. The van der Waals surface area contributed by atoms with Crippen LogP contribution < -0.4 is 14.8 Å². The van der Waals surface area contributed by atoms with Crippen molar-refractivity contribution in [2.45, 2.75) is 69.6 Å². The number of rotatable bonds is 5. The quantitative estimate of drug-likeness (QED) is 0.617. The number of hydrogen-bond donors (Lipinski definition) is 1. The monoisotopic (exact) mass is 467 g/mol. The van der Waals surface area contributed by atoms with E-state index in [1.165, 1.54) is 11.1 Å². The number of carbonyl (C=O) groups excluding carboxylic acids is 2. The van der Waals surface area contributed by atoms with Gasteiger partial charge < -0.3 is 14.8 Å². The average Bonchev–Trinajstić information content (AvgIpc) is 3.05. The molecule has 0 radical (unpaired) electrons. The molecular formula is C27H33NO4S. The van der Waals surface area contributed by atoms with Gasteiger partial charge in [-0.2, -0.15) is 0 Å². The van der Waals surface area contributed by atoms with Crippen molar-refractivity contribution in [3.8, 4) is 11.5 Å². The summed E-state index contributed by atoms with van der Waals surface area (Å²) in [5.74, 6) is 0.807. The highest BCUT2D eigenvalue weighted by Crippen LogP contribution is 2.50. The van der Waals surface area contributed by atoms with E-state index in [1.54, 1.807) is 14.2 Å². The molecule has 0 spiro atoms. The number of methoxy groups -OCH3 is 2. The van der Waals surface area contributed by atoms with E-state index >= 15 is 0 Å². The fourth-order valence-corrected chi connectivity index (χ4v) is 6.35. The maximum absolute atomic E-state index is 12.5. The van der Waals surface area contributed by atoms with Crippen LogP contribution in [0.25, 0.3) is 0 Å². The first-order valence-corrected chi connectivity index (χ1v) is 12.2. The minimum Gasteiger partial charge on any atom is -0.497 e. The lowest BCUT2D eigenvalue weighted by Crippen LogP contribution is -2.41. The van der Waals surface area contributed by atoms with Crippen LogP contribution in [-0.2, 0) is 31.7 Å². The Bertz CT molecular complexity index is 1120. The number of carbonyl (C=O) groups is 2. The zero-order chi connectivity index (χ0) is 24.2. The van der Waals surface area contributed by atoms with Gasteiger partial charge in [0.25, 0.3) is 11.0 Å². The molecule has 1 amide bonds. The summed E-state index contributed by atoms with van der Waals surface area (Å²) in [6, 6.07) is 10.2. The van der Waals surface area contributed by atoms with Gasteiger partial charge in [-0.1, -0.05) is 45.9 Å². The third kappa shape index (κ3) is 4.03. The lowest BCUT2D eigenvalue weighted by molar-refractivity contribution is -0.132. The molecule has 1 saturated heterocycles. The van der Waals surface area contributed by atoms with Gasteiger partial charge in [0.05, 0.1) is 14.2 Å². The Kier molecular flexibility index (Phi) is 5.80. The van der Waals surface area contributed by atoms with Crippen LogP contribution in [0.1, 0.15) is 68.4 Å². The topological polar surface area (TPSA) is 64.6 Å². The van der Waals surface area contributed by atoms with E-state index in [0.29, 0.717) is 17.9 Å². The Morgan fingerprint density at radius 3 is 2.09 bits per heavy atom. The highest BCUT2D eigenvalue weighted by atomic mass is 32.2. The molecule has 0 aromatic heterocycles. The number of amides is 1. The molecule has 33 heavy (non-hydrogen) atoms. The predicted molar refractivity (Wildman–Crippen MR) is 132 cm³/mol. The Labute approximate surface area is 200 Å². The van der Waals surface area contributed by atoms with Crippen LogP contribution in [0.3, 0.4) is 0 Å². The second-order valence-corrected chi connectivity index (χ2v) is 11.8. The molecule has 6 heteroatoms. The number of benzene rings is 2. The molecule has 4 rings (SSSR count). The van der Waals surface area contributed by atoms with Gasteiger partial charge in [-0.15, -0.1) is 0 Å². The molecule has 2 aromatic carbocycles. The summed E-state index contributed by atoms with van der Waals surface area (Å²) in [5, 5.41) is 2.59. The van der Waals surface area contributed by atoms with Crippen LogP contribution in [0.15, 0.2) is 30.3 Å². The zero-order valence-corrected chi connectivity index (χ0v) is 21.4. The molecule has 1 heterocycles. The summed E-state index contributed by atoms with van der Waals surface area (Å²) in [5.41, 5.74) is 5.72. The lowest BCUT2D eigenvalue weighted by atomic mass is 9.62. The highest BCUT2D eigenvalue weighted by molar-refractivity contribution is 8.16. The molecule has 0 bridgehead atoms. The fraction of sp³-hybridized carbons (Fsp3) is 0.481. The molecule has 1 unspecified atom stereocenters. The van der Waals surface area contributed by atoms with Crippen molar-refractivity contribution in [2.24, 2.45) is 0 Å². The van der Waals surface area contributed by atoms with Gasteiger partial charge in [-0.05, 0) is 76.2 Å². The molecule has 1 aliphatic heterocycles. The maximum Gasteiger partial charge on any atom is 0.300 e. The van der Waals surface area contributed by atoms with Crippen molar-refractivity contribution in [3.05, 3.63) is 58.1 Å². The number of fused-ring (bicyclic) bond motifs is 1. The average molecular weight is 468 g/mol. The van der Waals surface area contributed by atoms with Crippen molar-refractivity contribution in [1.29, 1.82) is 0 Å². The molecule has 2 aliphatic rings. The number of ether oxygens (including phenoxy) is 2. The summed E-state index contributed by atoms with van der Waals surface area (Å²) in [6.45, 7) is 11.2. The van der Waals surface area contributed by atoms with Gasteiger partial charge in [0.15, 0.2) is 0 Å². The largest absolute Gasteiger partial charge is 0.497 e. The van der Waals surface area contributed by atoms with E-state index in [1.807, 2.05) is 18.2 Å². The summed E-state index contributed by atoms with van der Waals surface area (Å²) in [6.07, 6.45) is 2.64. The van der Waals surface area contributed by atoms with Gasteiger partial charge in [-0.25, -0.2) is 0 Å². The van der Waals surface area contributed by atoms with Gasteiger partial charge in [0.1, 0.15) is 16.4 Å². The van der Waals surface area contributed by atoms with E-state index in [9.17, 15) is 9.59 Å². The van der Waals surface area contributed by atoms with E-state index in [-0.39, 0.29) is 10.8 Å². The Balaban J connectivity index is 1.89. The van der Waals surface area contributed by atoms with E-state index in [0.717, 1.165) is 41.3 Å². The highest BCUT2D eigenvalue weighted by Gasteiger charge is 2.48. The molecule has 5 nitrogen and oxygen atoms in total. The third-order valence-corrected chi connectivity index (χ3v) is 8.52. The van der Waals surface area contributed by atoms with Crippen molar-refractivity contribution >= 4 is 22.8 Å². The Hall–Kier alpha value is -2.47. The molecule has 1 aliphatic carbocycles. The molecule has 2 aromatic rings.